The highest BCUT2D eigenvalue weighted by atomic mass is 35.5. The third-order valence-corrected chi connectivity index (χ3v) is 6.44. The minimum atomic E-state index is -3.85. The van der Waals surface area contributed by atoms with Crippen molar-refractivity contribution < 1.29 is 31.5 Å². The molecule has 1 N–H and O–H groups in total. The number of benzene rings is 2. The van der Waals surface area contributed by atoms with Gasteiger partial charge in [-0.15, -0.1) is 0 Å². The zero-order chi connectivity index (χ0) is 22.5. The number of hydrogen-bond donors (Lipinski definition) is 1. The van der Waals surface area contributed by atoms with Gasteiger partial charge in [-0.05, 0) is 30.3 Å². The molecule has 0 bridgehead atoms. The molecule has 0 radical (unpaired) electrons. The highest BCUT2D eigenvalue weighted by Gasteiger charge is 2.24. The molecule has 1 amide bonds. The fourth-order valence-corrected chi connectivity index (χ4v) is 4.21. The van der Waals surface area contributed by atoms with E-state index in [2.05, 4.69) is 0 Å². The van der Waals surface area contributed by atoms with Crippen molar-refractivity contribution in [2.45, 2.75) is 18.7 Å². The number of carbonyl (C=O) groups excluding carboxylic acids is 2. The zero-order valence-electron chi connectivity index (χ0n) is 16.1. The molecule has 2 aromatic rings. The average molecular weight is 461 g/mol. The van der Waals surface area contributed by atoms with Gasteiger partial charge in [-0.3, -0.25) is 4.79 Å². The molecule has 2 rings (SSSR count). The van der Waals surface area contributed by atoms with E-state index >= 15 is 0 Å². The number of amides is 1. The molecule has 0 spiro atoms. The minimum Gasteiger partial charge on any atom is -0.452 e. The molecule has 0 unspecified atom stereocenters. The lowest BCUT2D eigenvalue weighted by Crippen LogP contribution is -2.30. The Morgan fingerprint density at radius 3 is 2.27 bits per heavy atom. The Bertz CT molecular complexity index is 1040. The van der Waals surface area contributed by atoms with Crippen molar-refractivity contribution in [3.05, 3.63) is 58.6 Å². The van der Waals surface area contributed by atoms with Gasteiger partial charge in [0.25, 0.3) is 5.91 Å². The fourth-order valence-electron chi connectivity index (χ4n) is 2.54. The molecule has 0 aliphatic carbocycles. The first-order valence-electron chi connectivity index (χ1n) is 8.82. The molecule has 0 fully saturated rings. The van der Waals surface area contributed by atoms with Crippen LogP contribution in [0, 0.1) is 11.6 Å². The van der Waals surface area contributed by atoms with E-state index in [0.29, 0.717) is 0 Å². The second kappa shape index (κ2) is 9.96. The summed E-state index contributed by atoms with van der Waals surface area (Å²) in [6.45, 7) is 2.93. The van der Waals surface area contributed by atoms with E-state index in [1.54, 1.807) is 13.8 Å². The van der Waals surface area contributed by atoms with Gasteiger partial charge < -0.3 is 10.1 Å². The van der Waals surface area contributed by atoms with Crippen LogP contribution in [0.3, 0.4) is 0 Å². The van der Waals surface area contributed by atoms with Gasteiger partial charge in [-0.2, -0.15) is 4.31 Å². The Morgan fingerprint density at radius 1 is 1.10 bits per heavy atom. The summed E-state index contributed by atoms with van der Waals surface area (Å²) in [5, 5.41) is 1.88. The number of halogens is 3. The molecular weight excluding hydrogens is 442 g/mol. The summed E-state index contributed by atoms with van der Waals surface area (Å²) >= 11 is 5.97. The first-order valence-corrected chi connectivity index (χ1v) is 10.6. The number of rotatable bonds is 8. The molecule has 7 nitrogen and oxygen atoms in total. The van der Waals surface area contributed by atoms with Crippen LogP contribution in [0.25, 0.3) is 0 Å². The van der Waals surface area contributed by atoms with Gasteiger partial charge in [0, 0.05) is 13.1 Å². The van der Waals surface area contributed by atoms with Gasteiger partial charge in [-0.1, -0.05) is 31.5 Å². The Labute approximate surface area is 177 Å². The van der Waals surface area contributed by atoms with Crippen LogP contribution in [0.2, 0.25) is 5.02 Å². The summed E-state index contributed by atoms with van der Waals surface area (Å²) in [6.07, 6.45) is 0. The van der Waals surface area contributed by atoms with E-state index in [1.165, 1.54) is 16.4 Å². The molecule has 0 heterocycles. The molecule has 0 aromatic heterocycles. The Morgan fingerprint density at radius 2 is 1.70 bits per heavy atom. The van der Waals surface area contributed by atoms with Crippen LogP contribution in [0.5, 0.6) is 0 Å². The number of anilines is 1. The third kappa shape index (κ3) is 5.32. The summed E-state index contributed by atoms with van der Waals surface area (Å²) in [5.41, 5.74) is -0.946. The summed E-state index contributed by atoms with van der Waals surface area (Å²) in [7, 11) is -3.85. The predicted molar refractivity (Wildman–Crippen MR) is 107 cm³/mol. The van der Waals surface area contributed by atoms with E-state index < -0.39 is 45.8 Å². The normalized spacial score (nSPS) is 11.4. The van der Waals surface area contributed by atoms with E-state index in [1.807, 2.05) is 5.32 Å². The van der Waals surface area contributed by atoms with Gasteiger partial charge in [0.2, 0.25) is 10.0 Å². The molecule has 0 aliphatic rings. The van der Waals surface area contributed by atoms with Crippen molar-refractivity contribution in [2.24, 2.45) is 0 Å². The summed E-state index contributed by atoms with van der Waals surface area (Å²) in [5.74, 6) is -4.05. The number of nitrogens with zero attached hydrogens (tertiary/aromatic N) is 1. The van der Waals surface area contributed by atoms with Crippen molar-refractivity contribution in [2.75, 3.05) is 25.0 Å². The van der Waals surface area contributed by atoms with Crippen LogP contribution in [-0.2, 0) is 19.6 Å². The van der Waals surface area contributed by atoms with E-state index in [0.717, 1.165) is 24.3 Å². The van der Waals surface area contributed by atoms with Crippen LogP contribution in [-0.4, -0.2) is 44.3 Å². The lowest BCUT2D eigenvalue weighted by Gasteiger charge is -2.19. The van der Waals surface area contributed by atoms with Crippen LogP contribution in [0.1, 0.15) is 24.2 Å². The smallest absolute Gasteiger partial charge is 0.340 e. The van der Waals surface area contributed by atoms with Crippen LogP contribution in [0.15, 0.2) is 41.3 Å². The molecule has 30 heavy (non-hydrogen) atoms. The van der Waals surface area contributed by atoms with Gasteiger partial charge in [-0.25, -0.2) is 22.0 Å². The second-order valence-electron chi connectivity index (χ2n) is 5.95. The van der Waals surface area contributed by atoms with Gasteiger partial charge >= 0.3 is 5.97 Å². The van der Waals surface area contributed by atoms with E-state index in [4.69, 9.17) is 16.3 Å². The highest BCUT2D eigenvalue weighted by Crippen LogP contribution is 2.24. The lowest BCUT2D eigenvalue weighted by atomic mass is 10.2. The standard InChI is InChI=1S/C19H19ClF2N2O5S/c1-3-24(4-2)30(27,28)12-8-9-14(20)13(10-12)19(26)29-11-17(25)23-18-15(21)6-5-7-16(18)22/h5-10H,3-4,11H2,1-2H3,(H,23,25). The largest absolute Gasteiger partial charge is 0.452 e. The number of esters is 1. The topological polar surface area (TPSA) is 92.8 Å². The van der Waals surface area contributed by atoms with Crippen molar-refractivity contribution >= 4 is 39.2 Å². The molecular formula is C19H19ClF2N2O5S. The average Bonchev–Trinajstić information content (AvgIpc) is 2.70. The summed E-state index contributed by atoms with van der Waals surface area (Å²) in [6, 6.07) is 6.55. The molecule has 2 aromatic carbocycles. The van der Waals surface area contributed by atoms with Crippen molar-refractivity contribution in [1.29, 1.82) is 0 Å². The maximum absolute atomic E-state index is 13.6. The zero-order valence-corrected chi connectivity index (χ0v) is 17.7. The third-order valence-electron chi connectivity index (χ3n) is 4.06. The second-order valence-corrected chi connectivity index (χ2v) is 8.30. The maximum Gasteiger partial charge on any atom is 0.340 e. The Kier molecular flexibility index (Phi) is 7.88. The number of carbonyl (C=O) groups is 2. The first-order chi connectivity index (χ1) is 14.1. The fraction of sp³-hybridized carbons (Fsp3) is 0.263. The maximum atomic E-state index is 13.6. The molecule has 11 heteroatoms. The van der Waals surface area contributed by atoms with Crippen molar-refractivity contribution in [3.63, 3.8) is 0 Å². The monoisotopic (exact) mass is 460 g/mol. The lowest BCUT2D eigenvalue weighted by molar-refractivity contribution is -0.119. The van der Waals surface area contributed by atoms with Gasteiger partial charge in [0.1, 0.15) is 17.3 Å². The number of sulfonamides is 1. The van der Waals surface area contributed by atoms with Gasteiger partial charge in [0.15, 0.2) is 6.61 Å². The molecule has 0 saturated carbocycles. The number of nitrogens with one attached hydrogen (secondary N) is 1. The predicted octanol–water partition coefficient (Wildman–Crippen LogP) is 3.44. The first kappa shape index (κ1) is 23.7. The Hall–Kier alpha value is -2.56. The van der Waals surface area contributed by atoms with Crippen molar-refractivity contribution in [1.82, 2.24) is 4.31 Å². The van der Waals surface area contributed by atoms with E-state index in [-0.39, 0.29) is 28.6 Å². The highest BCUT2D eigenvalue weighted by molar-refractivity contribution is 7.89. The molecule has 162 valence electrons. The minimum absolute atomic E-state index is 0.0842. The number of hydrogen-bond acceptors (Lipinski definition) is 5. The summed E-state index contributed by atoms with van der Waals surface area (Å²) < 4.78 is 58.4. The van der Waals surface area contributed by atoms with Crippen LogP contribution < -0.4 is 5.32 Å². The summed E-state index contributed by atoms with van der Waals surface area (Å²) in [4.78, 5) is 24.0. The quantitative estimate of drug-likeness (QED) is 0.609. The molecule has 0 aliphatic heterocycles. The SMILES string of the molecule is CCN(CC)S(=O)(=O)c1ccc(Cl)c(C(=O)OCC(=O)Nc2c(F)cccc2F)c1. The van der Waals surface area contributed by atoms with Crippen LogP contribution in [0.4, 0.5) is 14.5 Å². The molecule has 0 atom stereocenters. The number of ether oxygens (including phenoxy) is 1. The Balaban J connectivity index is 2.14. The van der Waals surface area contributed by atoms with Crippen LogP contribution >= 0.6 is 11.6 Å². The van der Waals surface area contributed by atoms with Crippen molar-refractivity contribution in [3.8, 4) is 0 Å². The van der Waals surface area contributed by atoms with Gasteiger partial charge in [0.05, 0.1) is 15.5 Å². The molecule has 0 saturated heterocycles. The van der Waals surface area contributed by atoms with E-state index in [9.17, 15) is 26.8 Å². The number of para-hydroxylation sites is 1.